The van der Waals surface area contributed by atoms with Crippen molar-refractivity contribution in [3.63, 3.8) is 0 Å². The third-order valence-electron chi connectivity index (χ3n) is 3.88. The van der Waals surface area contributed by atoms with Crippen molar-refractivity contribution in [2.75, 3.05) is 0 Å². The van der Waals surface area contributed by atoms with Crippen LogP contribution in [-0.2, 0) is 0 Å². The highest BCUT2D eigenvalue weighted by atomic mass is 16.3. The minimum atomic E-state index is -0.567. The number of carbonyl (C=O) groups excluding carboxylic acids is 1. The van der Waals surface area contributed by atoms with E-state index in [1.807, 2.05) is 44.2 Å². The van der Waals surface area contributed by atoms with Gasteiger partial charge in [-0.15, -0.1) is 0 Å². The molecule has 0 radical (unpaired) electrons. The van der Waals surface area contributed by atoms with Gasteiger partial charge in [0.2, 0.25) is 0 Å². The molecule has 0 saturated heterocycles. The van der Waals surface area contributed by atoms with Crippen molar-refractivity contribution in [1.29, 1.82) is 0 Å². The maximum atomic E-state index is 11.6. The van der Waals surface area contributed by atoms with Crippen LogP contribution in [0.5, 0.6) is 5.75 Å². The van der Waals surface area contributed by atoms with Crippen LogP contribution in [0.4, 0.5) is 0 Å². The van der Waals surface area contributed by atoms with Crippen molar-refractivity contribution < 1.29 is 9.90 Å². The predicted octanol–water partition coefficient (Wildman–Crippen LogP) is 3.32. The molecule has 22 heavy (non-hydrogen) atoms. The number of aromatic nitrogens is 1. The lowest BCUT2D eigenvalue weighted by Gasteiger charge is -2.14. The number of phenolic OH excluding ortho intramolecular Hbond substituents is 1. The van der Waals surface area contributed by atoms with Crippen molar-refractivity contribution in [2.24, 2.45) is 5.73 Å². The van der Waals surface area contributed by atoms with Crippen molar-refractivity contribution in [3.05, 3.63) is 59.3 Å². The van der Waals surface area contributed by atoms with Gasteiger partial charge in [0.15, 0.2) is 0 Å². The zero-order chi connectivity index (χ0) is 15.9. The lowest BCUT2D eigenvalue weighted by atomic mass is 9.92. The van der Waals surface area contributed by atoms with Gasteiger partial charge >= 0.3 is 0 Å². The number of amides is 1. The molecule has 4 heteroatoms. The molecule has 0 bridgehead atoms. The number of carbonyl (C=O) groups is 1. The van der Waals surface area contributed by atoms with E-state index in [-0.39, 0.29) is 11.4 Å². The summed E-state index contributed by atoms with van der Waals surface area (Å²) in [6.07, 6.45) is 0. The van der Waals surface area contributed by atoms with Crippen LogP contribution in [0.25, 0.3) is 22.0 Å². The molecule has 1 amide bonds. The normalized spacial score (nSPS) is 10.8. The van der Waals surface area contributed by atoms with Crippen LogP contribution in [0, 0.1) is 13.8 Å². The van der Waals surface area contributed by atoms with Crippen molar-refractivity contribution in [1.82, 2.24) is 4.98 Å². The smallest absolute Gasteiger partial charge is 0.267 e. The van der Waals surface area contributed by atoms with Gasteiger partial charge in [0.05, 0.1) is 5.52 Å². The van der Waals surface area contributed by atoms with Crippen LogP contribution >= 0.6 is 0 Å². The van der Waals surface area contributed by atoms with Crippen LogP contribution in [-0.4, -0.2) is 16.0 Å². The van der Waals surface area contributed by atoms with E-state index in [0.29, 0.717) is 5.52 Å². The van der Waals surface area contributed by atoms with Crippen LogP contribution in [0.1, 0.15) is 21.6 Å². The fourth-order valence-corrected chi connectivity index (χ4v) is 2.76. The largest absolute Gasteiger partial charge is 0.508 e. The van der Waals surface area contributed by atoms with E-state index in [4.69, 9.17) is 5.73 Å². The second-order valence-electron chi connectivity index (χ2n) is 5.34. The van der Waals surface area contributed by atoms with E-state index >= 15 is 0 Å². The van der Waals surface area contributed by atoms with Gasteiger partial charge < -0.3 is 10.8 Å². The summed E-state index contributed by atoms with van der Waals surface area (Å²) in [5.41, 5.74) is 9.87. The second kappa shape index (κ2) is 5.15. The molecule has 0 atom stereocenters. The van der Waals surface area contributed by atoms with Gasteiger partial charge in [0.1, 0.15) is 11.4 Å². The zero-order valence-corrected chi connectivity index (χ0v) is 12.4. The topological polar surface area (TPSA) is 76.2 Å². The fourth-order valence-electron chi connectivity index (χ4n) is 2.76. The molecule has 2 aromatic carbocycles. The number of benzene rings is 2. The summed E-state index contributed by atoms with van der Waals surface area (Å²) >= 11 is 0. The molecule has 0 saturated carbocycles. The van der Waals surface area contributed by atoms with E-state index in [1.54, 1.807) is 12.1 Å². The summed E-state index contributed by atoms with van der Waals surface area (Å²) in [6, 6.07) is 12.8. The summed E-state index contributed by atoms with van der Waals surface area (Å²) in [5.74, 6) is -0.343. The van der Waals surface area contributed by atoms with Crippen LogP contribution in [0.15, 0.2) is 42.5 Å². The Balaban J connectivity index is 2.45. The number of fused-ring (bicyclic) bond motifs is 1. The molecule has 3 aromatic rings. The van der Waals surface area contributed by atoms with E-state index in [1.165, 1.54) is 0 Å². The Bertz CT molecular complexity index is 901. The molecule has 0 aliphatic heterocycles. The number of nitrogens with two attached hydrogens (primary N) is 1. The molecule has 4 nitrogen and oxygen atoms in total. The fraction of sp³-hybridized carbons (Fsp3) is 0.111. The number of hydrogen-bond acceptors (Lipinski definition) is 3. The first-order valence-electron chi connectivity index (χ1n) is 6.98. The van der Waals surface area contributed by atoms with Gasteiger partial charge in [0.25, 0.3) is 5.91 Å². The standard InChI is InChI=1S/C18H16N2O2/c1-10-7-8-16(21)11(2)17(10)13-9-15(18(19)22)20-14-6-4-3-5-12(13)14/h3-9,21H,1-2H3,(H2,19,22). The minimum absolute atomic E-state index is 0.218. The van der Waals surface area contributed by atoms with Gasteiger partial charge in [-0.1, -0.05) is 24.3 Å². The molecule has 0 unspecified atom stereocenters. The highest BCUT2D eigenvalue weighted by Gasteiger charge is 2.15. The first-order valence-corrected chi connectivity index (χ1v) is 6.98. The summed E-state index contributed by atoms with van der Waals surface area (Å²) in [5, 5.41) is 10.9. The molecule has 3 rings (SSSR count). The molecular formula is C18H16N2O2. The SMILES string of the molecule is Cc1ccc(O)c(C)c1-c1cc(C(N)=O)nc2ccccc12. The van der Waals surface area contributed by atoms with E-state index in [0.717, 1.165) is 27.6 Å². The summed E-state index contributed by atoms with van der Waals surface area (Å²) in [4.78, 5) is 15.9. The number of aromatic hydroxyl groups is 1. The monoisotopic (exact) mass is 292 g/mol. The van der Waals surface area contributed by atoms with Crippen LogP contribution in [0.3, 0.4) is 0 Å². The molecular weight excluding hydrogens is 276 g/mol. The molecule has 1 aromatic heterocycles. The van der Waals surface area contributed by atoms with Crippen LogP contribution in [0.2, 0.25) is 0 Å². The van der Waals surface area contributed by atoms with Gasteiger partial charge in [-0.05, 0) is 54.3 Å². The third-order valence-corrected chi connectivity index (χ3v) is 3.88. The Hall–Kier alpha value is -2.88. The van der Waals surface area contributed by atoms with Crippen molar-refractivity contribution in [2.45, 2.75) is 13.8 Å². The lowest BCUT2D eigenvalue weighted by molar-refractivity contribution is 0.0996. The lowest BCUT2D eigenvalue weighted by Crippen LogP contribution is -2.13. The zero-order valence-electron chi connectivity index (χ0n) is 12.4. The first kappa shape index (κ1) is 14.1. The Morgan fingerprint density at radius 1 is 1.14 bits per heavy atom. The highest BCUT2D eigenvalue weighted by molar-refractivity contribution is 6.01. The number of hydrogen-bond donors (Lipinski definition) is 2. The minimum Gasteiger partial charge on any atom is -0.508 e. The quantitative estimate of drug-likeness (QED) is 0.760. The predicted molar refractivity (Wildman–Crippen MR) is 86.8 cm³/mol. The molecule has 110 valence electrons. The summed E-state index contributed by atoms with van der Waals surface area (Å²) in [7, 11) is 0. The number of nitrogens with zero attached hydrogens (tertiary/aromatic N) is 1. The maximum Gasteiger partial charge on any atom is 0.267 e. The highest BCUT2D eigenvalue weighted by Crippen LogP contribution is 2.36. The Labute approximate surface area is 128 Å². The third kappa shape index (κ3) is 2.19. The van der Waals surface area contributed by atoms with Gasteiger partial charge in [-0.25, -0.2) is 4.98 Å². The number of phenols is 1. The number of aryl methyl sites for hydroxylation is 1. The number of rotatable bonds is 2. The molecule has 0 spiro atoms. The average molecular weight is 292 g/mol. The Morgan fingerprint density at radius 3 is 2.59 bits per heavy atom. The van der Waals surface area contributed by atoms with Gasteiger partial charge in [-0.3, -0.25) is 4.79 Å². The first-order chi connectivity index (χ1) is 10.5. The summed E-state index contributed by atoms with van der Waals surface area (Å²) < 4.78 is 0. The van der Waals surface area contributed by atoms with Crippen molar-refractivity contribution >= 4 is 16.8 Å². The summed E-state index contributed by atoms with van der Waals surface area (Å²) in [6.45, 7) is 3.83. The molecule has 0 aliphatic carbocycles. The van der Waals surface area contributed by atoms with Gasteiger partial charge in [-0.2, -0.15) is 0 Å². The molecule has 0 fully saturated rings. The van der Waals surface area contributed by atoms with Gasteiger partial charge in [0, 0.05) is 5.39 Å². The van der Waals surface area contributed by atoms with E-state index in [9.17, 15) is 9.90 Å². The van der Waals surface area contributed by atoms with Crippen LogP contribution < -0.4 is 5.73 Å². The molecule has 0 aliphatic rings. The van der Waals surface area contributed by atoms with Crippen molar-refractivity contribution in [3.8, 4) is 16.9 Å². The molecule has 3 N–H and O–H groups in total. The van der Waals surface area contributed by atoms with E-state index < -0.39 is 5.91 Å². The van der Waals surface area contributed by atoms with E-state index in [2.05, 4.69) is 4.98 Å². The average Bonchev–Trinajstić information content (AvgIpc) is 2.51. The second-order valence-corrected chi connectivity index (χ2v) is 5.34. The molecule has 1 heterocycles. The number of primary amides is 1. The number of pyridine rings is 1. The Morgan fingerprint density at radius 2 is 1.86 bits per heavy atom. The maximum absolute atomic E-state index is 11.6. The number of para-hydroxylation sites is 1. The Kier molecular flexibility index (Phi) is 3.29.